The fourth-order valence-corrected chi connectivity index (χ4v) is 11.5. The third-order valence-corrected chi connectivity index (χ3v) is 17.0. The lowest BCUT2D eigenvalue weighted by molar-refractivity contribution is -0.359. The largest absolute Gasteiger partial charge is 0.394 e. The number of aliphatic hydroxyl groups is 8. The van der Waals surface area contributed by atoms with E-state index in [1.165, 1.54) is 244 Å². The van der Waals surface area contributed by atoms with Crippen LogP contribution in [-0.2, 0) is 23.7 Å². The zero-order valence-electron chi connectivity index (χ0n) is 51.4. The molecular weight excluding hydrogens is 1010 g/mol. The van der Waals surface area contributed by atoms with Gasteiger partial charge in [-0.05, 0) is 19.3 Å². The first-order valence-electron chi connectivity index (χ1n) is 33.9. The molecule has 0 saturated carbocycles. The Labute approximate surface area is 488 Å². The van der Waals surface area contributed by atoms with Gasteiger partial charge in [-0.3, -0.25) is 4.79 Å². The molecule has 2 rings (SSSR count). The minimum absolute atomic E-state index is 0.232. The Hall–Kier alpha value is -1.27. The Bertz CT molecular complexity index is 1390. The van der Waals surface area contributed by atoms with Gasteiger partial charge in [0.15, 0.2) is 12.6 Å². The minimum Gasteiger partial charge on any atom is -0.394 e. The van der Waals surface area contributed by atoms with Crippen LogP contribution in [0.25, 0.3) is 0 Å². The van der Waals surface area contributed by atoms with Crippen LogP contribution in [-0.4, -0.2) is 140 Å². The third kappa shape index (κ3) is 36.5. The summed E-state index contributed by atoms with van der Waals surface area (Å²) in [5, 5.41) is 87.2. The van der Waals surface area contributed by atoms with Gasteiger partial charge in [-0.25, -0.2) is 0 Å². The second-order valence-electron chi connectivity index (χ2n) is 24.3. The van der Waals surface area contributed by atoms with Gasteiger partial charge in [0, 0.05) is 6.42 Å². The third-order valence-electron chi connectivity index (χ3n) is 17.0. The average molecular weight is 1140 g/mol. The summed E-state index contributed by atoms with van der Waals surface area (Å²) in [6.07, 6.45) is 45.6. The van der Waals surface area contributed by atoms with E-state index >= 15 is 0 Å². The molecule has 474 valence electrons. The first-order chi connectivity index (χ1) is 39.1. The van der Waals surface area contributed by atoms with Crippen molar-refractivity contribution in [2.75, 3.05) is 19.8 Å². The summed E-state index contributed by atoms with van der Waals surface area (Å²) < 4.78 is 22.8. The molecule has 2 fully saturated rings. The maximum Gasteiger partial charge on any atom is 0.220 e. The van der Waals surface area contributed by atoms with Crippen molar-refractivity contribution in [1.82, 2.24) is 5.32 Å². The van der Waals surface area contributed by atoms with E-state index in [9.17, 15) is 45.6 Å². The number of carbonyl (C=O) groups excluding carboxylic acids is 1. The number of nitrogens with one attached hydrogen (secondary N) is 1. The molecule has 2 aliphatic rings. The van der Waals surface area contributed by atoms with Gasteiger partial charge in [0.2, 0.25) is 5.91 Å². The summed E-state index contributed by atoms with van der Waals surface area (Å²) in [4.78, 5) is 13.3. The topological polar surface area (TPSA) is 228 Å². The molecule has 2 aliphatic heterocycles. The van der Waals surface area contributed by atoms with Crippen LogP contribution in [0.3, 0.4) is 0 Å². The van der Waals surface area contributed by atoms with E-state index < -0.39 is 86.8 Å². The Morgan fingerprint density at radius 2 is 0.775 bits per heavy atom. The fraction of sp³-hybridized carbons (Fsp3) is 0.955. The Morgan fingerprint density at radius 1 is 0.438 bits per heavy atom. The molecule has 14 heteroatoms. The van der Waals surface area contributed by atoms with Crippen molar-refractivity contribution in [2.45, 2.75) is 383 Å². The highest BCUT2D eigenvalue weighted by Crippen LogP contribution is 2.30. The predicted molar refractivity (Wildman–Crippen MR) is 323 cm³/mol. The minimum atomic E-state index is -1.79. The molecule has 9 N–H and O–H groups in total. The molecule has 12 atom stereocenters. The second-order valence-corrected chi connectivity index (χ2v) is 24.3. The van der Waals surface area contributed by atoms with Crippen molar-refractivity contribution >= 4 is 5.91 Å². The van der Waals surface area contributed by atoms with E-state index in [-0.39, 0.29) is 18.9 Å². The van der Waals surface area contributed by atoms with Gasteiger partial charge in [0.1, 0.15) is 48.8 Å². The monoisotopic (exact) mass is 1140 g/mol. The van der Waals surface area contributed by atoms with Crippen molar-refractivity contribution in [3.05, 3.63) is 12.2 Å². The van der Waals surface area contributed by atoms with Gasteiger partial charge in [-0.15, -0.1) is 0 Å². The molecule has 1 amide bonds. The summed E-state index contributed by atoms with van der Waals surface area (Å²) >= 11 is 0. The van der Waals surface area contributed by atoms with Crippen LogP contribution in [0, 0.1) is 0 Å². The standard InChI is InChI=1S/C66H127NO13/c1-3-5-7-9-11-13-15-17-19-20-21-22-23-24-25-26-27-28-29-30-31-32-33-34-36-38-40-42-44-46-48-50-58(71)67-54(55(70)49-47-45-43-41-39-37-35-18-16-14-12-10-8-6-4-2)53-77-65-63(76)61(74)64(57(52-69)79-65)80-66-62(75)60(73)59(72)56(51-68)78-66/h47,49,54-57,59-66,68-70,72-76H,3-46,48,50-53H2,1-2H3,(H,67,71)/b49-47+. The van der Waals surface area contributed by atoms with Crippen molar-refractivity contribution in [2.24, 2.45) is 0 Å². The highest BCUT2D eigenvalue weighted by atomic mass is 16.7. The smallest absolute Gasteiger partial charge is 0.220 e. The van der Waals surface area contributed by atoms with Crippen LogP contribution in [0.4, 0.5) is 0 Å². The second kappa shape index (κ2) is 52.1. The summed E-state index contributed by atoms with van der Waals surface area (Å²) in [5.74, 6) is -0.232. The number of hydrogen-bond acceptors (Lipinski definition) is 13. The average Bonchev–Trinajstić information content (AvgIpc) is 3.46. The molecule has 0 aromatic heterocycles. The maximum atomic E-state index is 13.3. The maximum absolute atomic E-state index is 13.3. The number of allylic oxidation sites excluding steroid dienone is 1. The molecule has 0 aromatic carbocycles. The van der Waals surface area contributed by atoms with Gasteiger partial charge >= 0.3 is 0 Å². The van der Waals surface area contributed by atoms with Gasteiger partial charge < -0.3 is 65.1 Å². The van der Waals surface area contributed by atoms with E-state index in [1.54, 1.807) is 6.08 Å². The number of hydrogen-bond donors (Lipinski definition) is 9. The zero-order valence-corrected chi connectivity index (χ0v) is 51.4. The number of rotatable bonds is 56. The van der Waals surface area contributed by atoms with Crippen molar-refractivity contribution < 1.29 is 64.6 Å². The quantitative estimate of drug-likeness (QED) is 0.0204. The van der Waals surface area contributed by atoms with E-state index in [2.05, 4.69) is 19.2 Å². The molecule has 0 aromatic rings. The first-order valence-corrected chi connectivity index (χ1v) is 33.9. The van der Waals surface area contributed by atoms with E-state index in [4.69, 9.17) is 18.9 Å². The van der Waals surface area contributed by atoms with Crippen LogP contribution < -0.4 is 5.32 Å². The SMILES string of the molecule is CCCCCCCCCCCCCCC/C=C/C(O)C(COC1OC(CO)C(OC2OC(CO)C(O)C(O)C2O)C(O)C1O)NC(=O)CCCCCCCCCCCCCCCCCCCCCCCCCCCCCCCCC. The normalized spacial score (nSPS) is 24.2. The summed E-state index contributed by atoms with van der Waals surface area (Å²) in [6.45, 7) is 2.84. The molecule has 2 heterocycles. The Kier molecular flexibility index (Phi) is 48.7. The van der Waals surface area contributed by atoms with Crippen LogP contribution in [0.1, 0.15) is 309 Å². The number of aliphatic hydroxyl groups excluding tert-OH is 8. The molecule has 2 saturated heterocycles. The van der Waals surface area contributed by atoms with Crippen molar-refractivity contribution in [1.29, 1.82) is 0 Å². The summed E-state index contributed by atoms with van der Waals surface area (Å²) in [6, 6.07) is -0.910. The Morgan fingerprint density at radius 3 is 1.15 bits per heavy atom. The molecule has 0 radical (unpaired) electrons. The summed E-state index contributed by atoms with van der Waals surface area (Å²) in [5.41, 5.74) is 0. The molecule has 14 nitrogen and oxygen atoms in total. The lowest BCUT2D eigenvalue weighted by Gasteiger charge is -2.46. The van der Waals surface area contributed by atoms with Crippen molar-refractivity contribution in [3.8, 4) is 0 Å². The predicted octanol–water partition coefficient (Wildman–Crippen LogP) is 13.0. The van der Waals surface area contributed by atoms with E-state index in [0.29, 0.717) is 6.42 Å². The van der Waals surface area contributed by atoms with Crippen LogP contribution in [0.15, 0.2) is 12.2 Å². The first kappa shape index (κ1) is 74.8. The van der Waals surface area contributed by atoms with E-state index in [1.807, 2.05) is 6.08 Å². The van der Waals surface area contributed by atoms with Crippen LogP contribution in [0.5, 0.6) is 0 Å². The van der Waals surface area contributed by atoms with Crippen LogP contribution >= 0.6 is 0 Å². The highest BCUT2D eigenvalue weighted by Gasteiger charge is 2.51. The number of amides is 1. The van der Waals surface area contributed by atoms with Gasteiger partial charge in [-0.1, -0.05) is 296 Å². The Balaban J connectivity index is 1.63. The molecule has 12 unspecified atom stereocenters. The lowest BCUT2D eigenvalue weighted by atomic mass is 9.97. The molecule has 80 heavy (non-hydrogen) atoms. The molecule has 0 spiro atoms. The van der Waals surface area contributed by atoms with Crippen LogP contribution in [0.2, 0.25) is 0 Å². The zero-order chi connectivity index (χ0) is 58.1. The van der Waals surface area contributed by atoms with E-state index in [0.717, 1.165) is 38.5 Å². The molecular formula is C66H127NO13. The fourth-order valence-electron chi connectivity index (χ4n) is 11.5. The number of carbonyl (C=O) groups is 1. The highest BCUT2D eigenvalue weighted by molar-refractivity contribution is 5.76. The van der Waals surface area contributed by atoms with Gasteiger partial charge in [0.25, 0.3) is 0 Å². The molecule has 0 aliphatic carbocycles. The number of ether oxygens (including phenoxy) is 4. The summed E-state index contributed by atoms with van der Waals surface area (Å²) in [7, 11) is 0. The number of unbranched alkanes of at least 4 members (excludes halogenated alkanes) is 43. The molecule has 0 bridgehead atoms. The lowest BCUT2D eigenvalue weighted by Crippen LogP contribution is -2.65. The van der Waals surface area contributed by atoms with Gasteiger partial charge in [-0.2, -0.15) is 0 Å². The van der Waals surface area contributed by atoms with Gasteiger partial charge in [0.05, 0.1) is 32.0 Å². The van der Waals surface area contributed by atoms with Crippen molar-refractivity contribution in [3.63, 3.8) is 0 Å².